The van der Waals surface area contributed by atoms with Crippen molar-refractivity contribution in [2.75, 3.05) is 6.61 Å². The number of Topliss-reactive ketones (excluding diaryl/α,β-unsaturated/α-hetero) is 1. The highest BCUT2D eigenvalue weighted by Crippen LogP contribution is 2.75. The molecule has 4 rings (SSSR count). The molecule has 4 N–H and O–H groups in total. The van der Waals surface area contributed by atoms with Crippen LogP contribution in [0.2, 0.25) is 0 Å². The van der Waals surface area contributed by atoms with Crippen LogP contribution in [0.5, 0.6) is 0 Å². The molecule has 268 valence electrons. The molecular weight excluding hydrogens is 616 g/mol. The standard InChI is InChI=1S/C42H58O7/c1-6-7-8-9-10-11-12-13-14-15-16-17-18-19-20-21-22-23-24-25-35(44)49-38-31(3)41(47)33(36-39(4,5)42(36,38)48)27-32(29-43)28-40(46)34(41)26-30(2)37(40)45/h7-8,10-11,13-14,16-17,19-20,22-23,26-27,31,33-34,36,38,43,46-48H,6,9,12,15,18,21,24-25,28-29H2,1-5H3/b8-7-,11-10-,14-13-,17-16-,20-19-,23-22-/t31-,33+,34-,36-,38-,40-,41-,42-/m1/s1. The van der Waals surface area contributed by atoms with Gasteiger partial charge >= 0.3 is 5.97 Å². The quantitative estimate of drug-likeness (QED) is 0.103. The Balaban J connectivity index is 1.27. The first-order valence-corrected chi connectivity index (χ1v) is 18.1. The fourth-order valence-corrected chi connectivity index (χ4v) is 8.65. The van der Waals surface area contributed by atoms with E-state index in [1.165, 1.54) is 0 Å². The number of hydrogen-bond donors (Lipinski definition) is 4. The number of ether oxygens (including phenoxy) is 1. The van der Waals surface area contributed by atoms with E-state index in [1.54, 1.807) is 26.0 Å². The molecule has 0 unspecified atom stereocenters. The highest BCUT2D eigenvalue weighted by Gasteiger charge is 2.85. The zero-order chi connectivity index (χ0) is 35.9. The first kappa shape index (κ1) is 38.7. The summed E-state index contributed by atoms with van der Waals surface area (Å²) in [4.78, 5) is 26.3. The van der Waals surface area contributed by atoms with Crippen LogP contribution in [-0.2, 0) is 14.3 Å². The highest BCUT2D eigenvalue weighted by atomic mass is 16.6. The molecule has 0 aromatic rings. The Bertz CT molecular complexity index is 1440. The number of aliphatic hydroxyl groups excluding tert-OH is 1. The van der Waals surface area contributed by atoms with Gasteiger partial charge in [0.05, 0.1) is 12.2 Å². The molecule has 4 aliphatic rings. The van der Waals surface area contributed by atoms with Gasteiger partial charge in [0, 0.05) is 41.9 Å². The van der Waals surface area contributed by atoms with Crippen molar-refractivity contribution in [3.8, 4) is 0 Å². The minimum Gasteiger partial charge on any atom is -0.459 e. The molecule has 4 aliphatic carbocycles. The molecule has 0 heterocycles. The third-order valence-corrected chi connectivity index (χ3v) is 11.4. The maximum Gasteiger partial charge on any atom is 0.306 e. The topological polar surface area (TPSA) is 124 Å². The lowest BCUT2D eigenvalue weighted by Gasteiger charge is -2.52. The molecule has 0 bridgehead atoms. The molecule has 0 spiro atoms. The summed E-state index contributed by atoms with van der Waals surface area (Å²) >= 11 is 0. The van der Waals surface area contributed by atoms with Gasteiger partial charge < -0.3 is 25.2 Å². The number of carbonyl (C=O) groups excluding carboxylic acids is 2. The van der Waals surface area contributed by atoms with Gasteiger partial charge in [-0.1, -0.05) is 113 Å². The minimum atomic E-state index is -1.92. The molecule has 0 aliphatic heterocycles. The lowest BCUT2D eigenvalue weighted by Crippen LogP contribution is -2.65. The summed E-state index contributed by atoms with van der Waals surface area (Å²) in [5.74, 6) is -3.90. The summed E-state index contributed by atoms with van der Waals surface area (Å²) in [6.07, 6.45) is 34.0. The van der Waals surface area contributed by atoms with E-state index in [0.29, 0.717) is 17.6 Å². The van der Waals surface area contributed by atoms with Crippen LogP contribution < -0.4 is 0 Å². The molecule has 7 heteroatoms. The lowest BCUT2D eigenvalue weighted by molar-refractivity contribution is -0.221. The molecule has 0 radical (unpaired) electrons. The average molecular weight is 675 g/mol. The molecular formula is C42H58O7. The fraction of sp³-hybridized carbons (Fsp3) is 0.571. The molecule has 0 aromatic heterocycles. The summed E-state index contributed by atoms with van der Waals surface area (Å²) in [5, 5.41) is 46.5. The van der Waals surface area contributed by atoms with Crippen molar-refractivity contribution in [2.45, 2.75) is 115 Å². The van der Waals surface area contributed by atoms with Crippen LogP contribution in [0.4, 0.5) is 0 Å². The van der Waals surface area contributed by atoms with Gasteiger partial charge in [-0.05, 0) is 63.0 Å². The largest absolute Gasteiger partial charge is 0.459 e. The van der Waals surface area contributed by atoms with E-state index < -0.39 is 63.7 Å². The smallest absolute Gasteiger partial charge is 0.306 e. The number of esters is 1. The third kappa shape index (κ3) is 7.65. The predicted molar refractivity (Wildman–Crippen MR) is 194 cm³/mol. The van der Waals surface area contributed by atoms with E-state index in [9.17, 15) is 30.0 Å². The van der Waals surface area contributed by atoms with E-state index in [4.69, 9.17) is 4.74 Å². The van der Waals surface area contributed by atoms with Crippen molar-refractivity contribution in [3.05, 3.63) is 96.2 Å². The van der Waals surface area contributed by atoms with Crippen LogP contribution >= 0.6 is 0 Å². The normalized spacial score (nSPS) is 35.4. The number of carbonyl (C=O) groups is 2. The summed E-state index contributed by atoms with van der Waals surface area (Å²) in [5.41, 5.74) is -4.94. The van der Waals surface area contributed by atoms with Crippen molar-refractivity contribution >= 4 is 11.8 Å². The minimum absolute atomic E-state index is 0.103. The Kier molecular flexibility index (Phi) is 12.9. The summed E-state index contributed by atoms with van der Waals surface area (Å²) in [7, 11) is 0. The van der Waals surface area contributed by atoms with Crippen molar-refractivity contribution in [1.29, 1.82) is 0 Å². The van der Waals surface area contributed by atoms with Gasteiger partial charge in [0.1, 0.15) is 17.3 Å². The second kappa shape index (κ2) is 16.3. The Morgan fingerprint density at radius 1 is 0.857 bits per heavy atom. The average Bonchev–Trinajstić information content (AvgIpc) is 3.46. The maximum atomic E-state index is 13.2. The van der Waals surface area contributed by atoms with Crippen molar-refractivity contribution in [1.82, 2.24) is 0 Å². The zero-order valence-electron chi connectivity index (χ0n) is 30.1. The van der Waals surface area contributed by atoms with Crippen LogP contribution in [0, 0.1) is 29.1 Å². The van der Waals surface area contributed by atoms with Gasteiger partial charge in [0.15, 0.2) is 5.78 Å². The second-order valence-electron chi connectivity index (χ2n) is 14.8. The monoisotopic (exact) mass is 674 g/mol. The second-order valence-corrected chi connectivity index (χ2v) is 14.8. The Labute approximate surface area is 293 Å². The van der Waals surface area contributed by atoms with E-state index in [1.807, 2.05) is 26.0 Å². The Morgan fingerprint density at radius 3 is 1.88 bits per heavy atom. The molecule has 0 aromatic carbocycles. The predicted octanol–water partition coefficient (Wildman–Crippen LogP) is 6.96. The van der Waals surface area contributed by atoms with E-state index >= 15 is 0 Å². The third-order valence-electron chi connectivity index (χ3n) is 11.4. The molecule has 8 atom stereocenters. The molecule has 0 saturated heterocycles. The molecule has 0 amide bonds. The lowest BCUT2D eigenvalue weighted by atomic mass is 9.59. The van der Waals surface area contributed by atoms with Gasteiger partial charge in [-0.25, -0.2) is 0 Å². The van der Waals surface area contributed by atoms with Gasteiger partial charge in [0.2, 0.25) is 0 Å². The SMILES string of the molecule is CC/C=C\C/C=C\C/C=C\C/C=C\C/C=C\C/C=C\CCC(=O)O[C@@H]1[C@@H](C)[C@@]2(O)[C@@H](C=C(CO)C[C@]3(O)C(=O)C(C)=C[C@@H]23)[C@@H]2C(C)(C)[C@]12O. The van der Waals surface area contributed by atoms with Crippen LogP contribution in [0.3, 0.4) is 0 Å². The number of ketones is 1. The molecule has 2 fully saturated rings. The van der Waals surface area contributed by atoms with Crippen molar-refractivity contribution in [2.24, 2.45) is 29.1 Å². The summed E-state index contributed by atoms with van der Waals surface area (Å²) in [6, 6.07) is 0. The van der Waals surface area contributed by atoms with Crippen LogP contribution in [0.15, 0.2) is 96.2 Å². The van der Waals surface area contributed by atoms with Crippen LogP contribution in [0.25, 0.3) is 0 Å². The number of aliphatic hydroxyl groups is 4. The summed E-state index contributed by atoms with van der Waals surface area (Å²) < 4.78 is 6.00. The Hall–Kier alpha value is -3.10. The molecule has 49 heavy (non-hydrogen) atoms. The van der Waals surface area contributed by atoms with Gasteiger partial charge in [-0.2, -0.15) is 0 Å². The number of rotatable bonds is 16. The number of hydrogen-bond acceptors (Lipinski definition) is 7. The van der Waals surface area contributed by atoms with Crippen molar-refractivity contribution in [3.63, 3.8) is 0 Å². The highest BCUT2D eigenvalue weighted by molar-refractivity contribution is 6.04. The van der Waals surface area contributed by atoms with Crippen LogP contribution in [-0.4, -0.2) is 61.7 Å². The van der Waals surface area contributed by atoms with E-state index in [2.05, 4.69) is 67.7 Å². The number of fused-ring (bicyclic) bond motifs is 5. The number of allylic oxidation sites excluding steroid dienone is 12. The molecule has 7 nitrogen and oxygen atoms in total. The first-order chi connectivity index (χ1) is 23.3. The zero-order valence-corrected chi connectivity index (χ0v) is 30.1. The van der Waals surface area contributed by atoms with Gasteiger partial charge in [-0.3, -0.25) is 9.59 Å². The molecule has 2 saturated carbocycles. The first-order valence-electron chi connectivity index (χ1n) is 18.1. The van der Waals surface area contributed by atoms with Gasteiger partial charge in [0.25, 0.3) is 0 Å². The van der Waals surface area contributed by atoms with E-state index in [0.717, 1.165) is 38.5 Å². The fourth-order valence-electron chi connectivity index (χ4n) is 8.65. The van der Waals surface area contributed by atoms with E-state index in [-0.39, 0.29) is 19.4 Å². The maximum absolute atomic E-state index is 13.2. The van der Waals surface area contributed by atoms with Gasteiger partial charge in [-0.15, -0.1) is 0 Å². The summed E-state index contributed by atoms with van der Waals surface area (Å²) in [6.45, 7) is 8.88. The Morgan fingerprint density at radius 2 is 1.37 bits per heavy atom. The van der Waals surface area contributed by atoms with Crippen LogP contribution in [0.1, 0.15) is 92.4 Å². The van der Waals surface area contributed by atoms with Crippen molar-refractivity contribution < 1.29 is 34.8 Å².